The smallest absolute Gasteiger partial charge is 0.410 e. The van der Waals surface area contributed by atoms with Gasteiger partial charge in [0.15, 0.2) is 11.6 Å². The SMILES string of the molecule is C[C@H]1CC[C@@H]2[C@@H](C[C@@H]([C@@H]3C=CC(=O)[C@@H]4CCCC[C@@H]34)CC23OCCO3)N1C(=O)OC(C)(C)C. The normalized spacial score (nSPS) is 40.4. The van der Waals surface area contributed by atoms with Crippen molar-refractivity contribution < 1.29 is 23.8 Å². The van der Waals surface area contributed by atoms with Crippen LogP contribution in [0.2, 0.25) is 0 Å². The summed E-state index contributed by atoms with van der Waals surface area (Å²) in [6, 6.07) is 0.165. The molecule has 0 radical (unpaired) electrons. The molecule has 1 spiro atoms. The molecule has 0 N–H and O–H groups in total. The molecular weight excluding hydrogens is 418 g/mol. The van der Waals surface area contributed by atoms with Crippen LogP contribution >= 0.6 is 0 Å². The summed E-state index contributed by atoms with van der Waals surface area (Å²) in [7, 11) is 0. The molecule has 184 valence electrons. The number of fused-ring (bicyclic) bond motifs is 3. The lowest BCUT2D eigenvalue weighted by molar-refractivity contribution is -0.251. The number of piperidine rings is 1. The van der Waals surface area contributed by atoms with Gasteiger partial charge in [0.1, 0.15) is 5.60 Å². The number of hydrogen-bond donors (Lipinski definition) is 0. The van der Waals surface area contributed by atoms with Crippen molar-refractivity contribution in [1.29, 1.82) is 0 Å². The van der Waals surface area contributed by atoms with Gasteiger partial charge >= 0.3 is 6.09 Å². The van der Waals surface area contributed by atoms with Crippen molar-refractivity contribution in [2.75, 3.05) is 13.2 Å². The summed E-state index contributed by atoms with van der Waals surface area (Å²) in [5.41, 5.74) is -0.530. The molecule has 6 nitrogen and oxygen atoms in total. The number of amides is 1. The number of hydrogen-bond acceptors (Lipinski definition) is 5. The fourth-order valence-corrected chi connectivity index (χ4v) is 7.65. The van der Waals surface area contributed by atoms with Crippen LogP contribution in [0.25, 0.3) is 0 Å². The average Bonchev–Trinajstić information content (AvgIpc) is 3.21. The Morgan fingerprint density at radius 2 is 1.85 bits per heavy atom. The highest BCUT2D eigenvalue weighted by molar-refractivity contribution is 5.93. The zero-order valence-corrected chi connectivity index (χ0v) is 20.8. The number of ketones is 1. The number of likely N-dealkylation sites (tertiary alicyclic amines) is 1. The lowest BCUT2D eigenvalue weighted by Gasteiger charge is -2.56. The molecular formula is C27H41NO5. The van der Waals surface area contributed by atoms with Crippen LogP contribution in [-0.2, 0) is 19.0 Å². The lowest BCUT2D eigenvalue weighted by Crippen LogP contribution is -2.64. The number of ether oxygens (including phenoxy) is 3. The van der Waals surface area contributed by atoms with Gasteiger partial charge in [0.05, 0.1) is 13.2 Å². The molecule has 0 aromatic heterocycles. The summed E-state index contributed by atoms with van der Waals surface area (Å²) in [4.78, 5) is 28.1. The van der Waals surface area contributed by atoms with E-state index in [0.29, 0.717) is 36.8 Å². The van der Waals surface area contributed by atoms with E-state index in [-0.39, 0.29) is 30.0 Å². The third-order valence-electron chi connectivity index (χ3n) is 8.93. The first kappa shape index (κ1) is 23.3. The van der Waals surface area contributed by atoms with Crippen molar-refractivity contribution in [3.8, 4) is 0 Å². The standard InChI is InChI=1S/C27H41NO5/c1-17-9-11-22-23(28(17)25(30)33-26(2,3)4)15-18(16-27(22)31-13-14-32-27)19-10-12-24(29)21-8-6-5-7-20(19)21/h10,12,17-23H,5-9,11,13-16H2,1-4H3/t17-,18+,19-,20-,21+,22+,23+/m0/s1. The Kier molecular flexibility index (Phi) is 6.14. The minimum absolute atomic E-state index is 0.0357. The molecule has 2 saturated carbocycles. The number of carbonyl (C=O) groups excluding carboxylic acids is 2. The van der Waals surface area contributed by atoms with Gasteiger partial charge in [-0.15, -0.1) is 0 Å². The number of rotatable bonds is 1. The molecule has 7 atom stereocenters. The lowest BCUT2D eigenvalue weighted by atomic mass is 9.58. The van der Waals surface area contributed by atoms with Crippen LogP contribution in [0.15, 0.2) is 12.2 Å². The first-order valence-corrected chi connectivity index (χ1v) is 13.2. The van der Waals surface area contributed by atoms with Gasteiger partial charge < -0.3 is 19.1 Å². The quantitative estimate of drug-likeness (QED) is 0.545. The summed E-state index contributed by atoms with van der Waals surface area (Å²) in [5.74, 6) is 1.11. The Bertz CT molecular complexity index is 795. The van der Waals surface area contributed by atoms with Crippen LogP contribution < -0.4 is 0 Å². The van der Waals surface area contributed by atoms with E-state index < -0.39 is 11.4 Å². The second-order valence-electron chi connectivity index (χ2n) is 12.1. The van der Waals surface area contributed by atoms with Crippen LogP contribution in [0.4, 0.5) is 4.79 Å². The van der Waals surface area contributed by atoms with Crippen LogP contribution in [0.1, 0.15) is 79.1 Å². The Morgan fingerprint density at radius 3 is 2.58 bits per heavy atom. The molecule has 1 amide bonds. The Balaban J connectivity index is 1.47. The Hall–Kier alpha value is -1.40. The zero-order chi connectivity index (χ0) is 23.4. The monoisotopic (exact) mass is 459 g/mol. The Labute approximate surface area is 198 Å². The molecule has 2 aliphatic heterocycles. The van der Waals surface area contributed by atoms with Crippen molar-refractivity contribution in [2.45, 2.75) is 103 Å². The molecule has 0 bridgehead atoms. The maximum absolute atomic E-state index is 13.4. The highest BCUT2D eigenvalue weighted by Gasteiger charge is 2.59. The van der Waals surface area contributed by atoms with E-state index in [9.17, 15) is 9.59 Å². The van der Waals surface area contributed by atoms with E-state index in [1.165, 1.54) is 6.42 Å². The van der Waals surface area contributed by atoms with Crippen molar-refractivity contribution in [3.05, 3.63) is 12.2 Å². The van der Waals surface area contributed by atoms with E-state index in [0.717, 1.165) is 44.9 Å². The van der Waals surface area contributed by atoms with Gasteiger partial charge in [0.25, 0.3) is 0 Å². The predicted octanol–water partition coefficient (Wildman–Crippen LogP) is 5.11. The number of allylic oxidation sites excluding steroid dienone is 2. The molecule has 2 heterocycles. The average molecular weight is 460 g/mol. The van der Waals surface area contributed by atoms with Crippen molar-refractivity contribution in [1.82, 2.24) is 4.90 Å². The van der Waals surface area contributed by atoms with Crippen molar-refractivity contribution in [2.24, 2.45) is 29.6 Å². The van der Waals surface area contributed by atoms with Gasteiger partial charge in [0, 0.05) is 30.3 Å². The van der Waals surface area contributed by atoms with Gasteiger partial charge in [-0.05, 0) is 83.6 Å². The molecule has 3 aliphatic carbocycles. The third-order valence-corrected chi connectivity index (χ3v) is 8.93. The van der Waals surface area contributed by atoms with Gasteiger partial charge in [-0.25, -0.2) is 4.79 Å². The van der Waals surface area contributed by atoms with E-state index in [2.05, 4.69) is 13.0 Å². The molecule has 0 aromatic rings. The van der Waals surface area contributed by atoms with Gasteiger partial charge in [-0.2, -0.15) is 0 Å². The molecule has 0 aromatic carbocycles. The van der Waals surface area contributed by atoms with E-state index in [1.54, 1.807) is 0 Å². The molecule has 5 rings (SSSR count). The highest BCUT2D eigenvalue weighted by Crippen LogP contribution is 2.54. The minimum Gasteiger partial charge on any atom is -0.444 e. The molecule has 4 fully saturated rings. The van der Waals surface area contributed by atoms with Gasteiger partial charge in [0.2, 0.25) is 0 Å². The minimum atomic E-state index is -0.618. The third kappa shape index (κ3) is 4.27. The first-order chi connectivity index (χ1) is 15.7. The van der Waals surface area contributed by atoms with Crippen LogP contribution in [-0.4, -0.2) is 53.5 Å². The van der Waals surface area contributed by atoms with Crippen molar-refractivity contribution in [3.63, 3.8) is 0 Å². The number of nitrogens with zero attached hydrogens (tertiary/aromatic N) is 1. The number of carbonyl (C=O) groups is 2. The molecule has 33 heavy (non-hydrogen) atoms. The van der Waals surface area contributed by atoms with Gasteiger partial charge in [-0.1, -0.05) is 18.9 Å². The fourth-order valence-electron chi connectivity index (χ4n) is 7.65. The summed E-state index contributed by atoms with van der Waals surface area (Å²) < 4.78 is 18.7. The van der Waals surface area contributed by atoms with E-state index in [1.807, 2.05) is 31.7 Å². The second kappa shape index (κ2) is 8.67. The van der Waals surface area contributed by atoms with Gasteiger partial charge in [-0.3, -0.25) is 4.79 Å². The van der Waals surface area contributed by atoms with Crippen LogP contribution in [0, 0.1) is 29.6 Å². The molecule has 6 heteroatoms. The largest absolute Gasteiger partial charge is 0.444 e. The Morgan fingerprint density at radius 1 is 1.12 bits per heavy atom. The fraction of sp³-hybridized carbons (Fsp3) is 0.852. The molecule has 0 unspecified atom stereocenters. The van der Waals surface area contributed by atoms with Crippen molar-refractivity contribution >= 4 is 11.9 Å². The second-order valence-corrected chi connectivity index (χ2v) is 12.1. The van der Waals surface area contributed by atoms with E-state index in [4.69, 9.17) is 14.2 Å². The summed E-state index contributed by atoms with van der Waals surface area (Å²) in [6.07, 6.45) is 12.0. The zero-order valence-electron chi connectivity index (χ0n) is 20.8. The first-order valence-electron chi connectivity index (χ1n) is 13.2. The van der Waals surface area contributed by atoms with Crippen LogP contribution in [0.3, 0.4) is 0 Å². The summed E-state index contributed by atoms with van der Waals surface area (Å²) in [5, 5.41) is 0. The van der Waals surface area contributed by atoms with Crippen LogP contribution in [0.5, 0.6) is 0 Å². The highest BCUT2D eigenvalue weighted by atomic mass is 16.7. The summed E-state index contributed by atoms with van der Waals surface area (Å²) in [6.45, 7) is 9.16. The maximum Gasteiger partial charge on any atom is 0.410 e. The van der Waals surface area contributed by atoms with E-state index >= 15 is 0 Å². The topological polar surface area (TPSA) is 65.1 Å². The summed E-state index contributed by atoms with van der Waals surface area (Å²) >= 11 is 0. The molecule has 5 aliphatic rings. The molecule has 2 saturated heterocycles. The predicted molar refractivity (Wildman–Crippen MR) is 124 cm³/mol. The maximum atomic E-state index is 13.4.